The zero-order valence-electron chi connectivity index (χ0n) is 21.9. The summed E-state index contributed by atoms with van der Waals surface area (Å²) in [4.78, 5) is 24.9. The van der Waals surface area contributed by atoms with E-state index in [1.54, 1.807) is 12.2 Å². The summed E-state index contributed by atoms with van der Waals surface area (Å²) in [7, 11) is 0. The van der Waals surface area contributed by atoms with E-state index in [1.165, 1.54) is 0 Å². The van der Waals surface area contributed by atoms with E-state index in [1.807, 2.05) is 0 Å². The van der Waals surface area contributed by atoms with E-state index in [4.69, 9.17) is 9.47 Å². The van der Waals surface area contributed by atoms with E-state index in [2.05, 4.69) is 41.5 Å². The van der Waals surface area contributed by atoms with Gasteiger partial charge in [0.1, 0.15) is 11.8 Å². The van der Waals surface area contributed by atoms with Gasteiger partial charge in [-0.15, -0.1) is 0 Å². The Morgan fingerprint density at radius 1 is 0.706 bits per heavy atom. The summed E-state index contributed by atoms with van der Waals surface area (Å²) in [6.07, 6.45) is 8.08. The predicted molar refractivity (Wildman–Crippen MR) is 131 cm³/mol. The van der Waals surface area contributed by atoms with Crippen LogP contribution in [-0.4, -0.2) is 46.6 Å². The average molecular weight is 479 g/mol. The summed E-state index contributed by atoms with van der Waals surface area (Å²) in [5.41, 5.74) is 0. The summed E-state index contributed by atoms with van der Waals surface area (Å²) in [6.45, 7) is 13.1. The van der Waals surface area contributed by atoms with Crippen molar-refractivity contribution in [1.82, 2.24) is 0 Å². The van der Waals surface area contributed by atoms with Crippen LogP contribution in [0.1, 0.15) is 80.1 Å². The molecule has 3 rings (SSSR count). The molecule has 2 fully saturated rings. The number of carboxylic acids is 2. The first-order valence-corrected chi connectivity index (χ1v) is 13.4. The molecule has 0 aromatic heterocycles. The van der Waals surface area contributed by atoms with E-state index >= 15 is 0 Å². The Bertz CT molecular complexity index is 670. The van der Waals surface area contributed by atoms with Gasteiger partial charge in [0, 0.05) is 0 Å². The molecule has 0 bridgehead atoms. The minimum Gasteiger partial charge on any atom is -0.481 e. The largest absolute Gasteiger partial charge is 0.481 e. The molecule has 3 aliphatic rings. The van der Waals surface area contributed by atoms with Gasteiger partial charge in [-0.1, -0.05) is 66.5 Å². The Balaban J connectivity index is 1.85. The fourth-order valence-electron chi connectivity index (χ4n) is 6.66. The summed E-state index contributed by atoms with van der Waals surface area (Å²) in [6, 6.07) is 0. The van der Waals surface area contributed by atoms with Gasteiger partial charge in [-0.05, 0) is 61.2 Å². The fourth-order valence-corrected chi connectivity index (χ4v) is 6.66. The van der Waals surface area contributed by atoms with Crippen molar-refractivity contribution in [1.29, 1.82) is 0 Å². The highest BCUT2D eigenvalue weighted by molar-refractivity contribution is 5.82. The monoisotopic (exact) mass is 478 g/mol. The molecule has 2 saturated carbocycles. The van der Waals surface area contributed by atoms with Crippen LogP contribution in [0.4, 0.5) is 0 Å². The summed E-state index contributed by atoms with van der Waals surface area (Å²) >= 11 is 0. The van der Waals surface area contributed by atoms with Gasteiger partial charge in [-0.25, -0.2) is 0 Å². The van der Waals surface area contributed by atoms with E-state index in [-0.39, 0.29) is 12.2 Å². The summed E-state index contributed by atoms with van der Waals surface area (Å²) in [5, 5.41) is 20.3. The van der Waals surface area contributed by atoms with Crippen molar-refractivity contribution in [2.24, 2.45) is 47.3 Å². The average Bonchev–Trinajstić information content (AvgIpc) is 2.73. The molecule has 6 nitrogen and oxygen atoms in total. The van der Waals surface area contributed by atoms with Crippen LogP contribution >= 0.6 is 0 Å². The van der Waals surface area contributed by atoms with Crippen LogP contribution in [0.5, 0.6) is 0 Å². The van der Waals surface area contributed by atoms with Crippen molar-refractivity contribution >= 4 is 11.9 Å². The summed E-state index contributed by atoms with van der Waals surface area (Å²) < 4.78 is 12.9. The van der Waals surface area contributed by atoms with Gasteiger partial charge in [0.05, 0.1) is 24.4 Å². The number of rotatable bonds is 8. The molecule has 0 aromatic carbocycles. The predicted octanol–water partition coefficient (Wildman–Crippen LogP) is 5.65. The van der Waals surface area contributed by atoms with Gasteiger partial charge in [0.25, 0.3) is 0 Å². The normalized spacial score (nSPS) is 41.1. The van der Waals surface area contributed by atoms with Crippen molar-refractivity contribution in [2.45, 2.75) is 104 Å². The third-order valence-corrected chi connectivity index (χ3v) is 8.74. The molecule has 0 spiro atoms. The Hall–Kier alpha value is -1.40. The maximum Gasteiger partial charge on any atom is 0.310 e. The maximum atomic E-state index is 12.4. The van der Waals surface area contributed by atoms with Gasteiger partial charge in [-0.2, -0.15) is 0 Å². The molecule has 6 unspecified atom stereocenters. The summed E-state index contributed by atoms with van der Waals surface area (Å²) in [5.74, 6) is -1.99. The highest BCUT2D eigenvalue weighted by Crippen LogP contribution is 2.41. The number of ether oxygens (including phenoxy) is 2. The number of hydrogen-bond donors (Lipinski definition) is 2. The molecule has 34 heavy (non-hydrogen) atoms. The van der Waals surface area contributed by atoms with E-state index in [0.29, 0.717) is 35.5 Å². The first-order chi connectivity index (χ1) is 16.0. The Labute approximate surface area is 205 Å². The SMILES string of the molecule is CC1CCC(C(C)C)C(O[C@H]2C=C[C@@H](OC3CC(C)CCC3C(C)C)[C@H](C(=O)O)[C@H]2C(=O)O)C1. The zero-order chi connectivity index (χ0) is 25.2. The molecular formula is C28H46O6. The topological polar surface area (TPSA) is 93.1 Å². The number of carboxylic acid groups (broad SMARTS) is 2. The second kappa shape index (κ2) is 11.6. The molecular weight excluding hydrogens is 432 g/mol. The van der Waals surface area contributed by atoms with Crippen molar-refractivity contribution < 1.29 is 29.3 Å². The van der Waals surface area contributed by atoms with Gasteiger partial charge in [0.2, 0.25) is 0 Å². The molecule has 6 heteroatoms. The minimum absolute atomic E-state index is 0.0586. The Morgan fingerprint density at radius 3 is 1.35 bits per heavy atom. The fraction of sp³-hybridized carbons (Fsp3) is 0.857. The molecule has 0 aliphatic heterocycles. The second-order valence-corrected chi connectivity index (χ2v) is 12.0. The lowest BCUT2D eigenvalue weighted by Gasteiger charge is -2.44. The minimum atomic E-state index is -1.17. The third kappa shape index (κ3) is 6.23. The lowest BCUT2D eigenvalue weighted by Crippen LogP contribution is -2.51. The van der Waals surface area contributed by atoms with E-state index < -0.39 is 36.0 Å². The Kier molecular flexibility index (Phi) is 9.24. The van der Waals surface area contributed by atoms with Crippen molar-refractivity contribution in [3.05, 3.63) is 12.2 Å². The lowest BCUT2D eigenvalue weighted by molar-refractivity contribution is -0.177. The van der Waals surface area contributed by atoms with Gasteiger partial charge in [-0.3, -0.25) is 9.59 Å². The number of aliphatic carboxylic acids is 2. The molecule has 0 heterocycles. The number of carbonyl (C=O) groups is 2. The standard InChI is InChI=1S/C28H46O6/c1-15(2)19-9-7-17(5)13-23(19)33-21-11-12-22(26(28(31)32)25(21)27(29)30)34-24-14-18(6)8-10-20(24)16(3)4/h11-12,15-26H,7-10,13-14H2,1-6H3,(H,29,30)(H,31,32)/t17?,18?,19?,20?,21-,22+,23?,24?,25-,26-/m0/s1. The molecule has 0 amide bonds. The van der Waals surface area contributed by atoms with Gasteiger partial charge < -0.3 is 19.7 Å². The quantitative estimate of drug-likeness (QED) is 0.438. The highest BCUT2D eigenvalue weighted by Gasteiger charge is 2.49. The lowest BCUT2D eigenvalue weighted by atomic mass is 9.74. The van der Waals surface area contributed by atoms with Crippen molar-refractivity contribution in [2.75, 3.05) is 0 Å². The molecule has 2 N–H and O–H groups in total. The van der Waals surface area contributed by atoms with E-state index in [0.717, 1.165) is 38.5 Å². The zero-order valence-corrected chi connectivity index (χ0v) is 21.9. The first kappa shape index (κ1) is 27.2. The molecule has 0 aromatic rings. The van der Waals surface area contributed by atoms with Crippen molar-refractivity contribution in [3.8, 4) is 0 Å². The third-order valence-electron chi connectivity index (χ3n) is 8.74. The van der Waals surface area contributed by atoms with Gasteiger partial charge in [0.15, 0.2) is 0 Å². The molecule has 10 atom stereocenters. The molecule has 0 saturated heterocycles. The number of hydrogen-bond acceptors (Lipinski definition) is 4. The van der Waals surface area contributed by atoms with Crippen LogP contribution in [-0.2, 0) is 19.1 Å². The van der Waals surface area contributed by atoms with Crippen LogP contribution < -0.4 is 0 Å². The van der Waals surface area contributed by atoms with Crippen LogP contribution in [0.25, 0.3) is 0 Å². The van der Waals surface area contributed by atoms with Crippen LogP contribution in [0.15, 0.2) is 12.2 Å². The smallest absolute Gasteiger partial charge is 0.310 e. The molecule has 0 radical (unpaired) electrons. The highest BCUT2D eigenvalue weighted by atomic mass is 16.5. The molecule has 194 valence electrons. The van der Waals surface area contributed by atoms with Crippen molar-refractivity contribution in [3.63, 3.8) is 0 Å². The second-order valence-electron chi connectivity index (χ2n) is 12.0. The maximum absolute atomic E-state index is 12.4. The van der Waals surface area contributed by atoms with Crippen LogP contribution in [0, 0.1) is 47.3 Å². The van der Waals surface area contributed by atoms with Gasteiger partial charge >= 0.3 is 11.9 Å². The first-order valence-electron chi connectivity index (χ1n) is 13.4. The van der Waals surface area contributed by atoms with E-state index in [9.17, 15) is 19.8 Å². The van der Waals surface area contributed by atoms with Crippen LogP contribution in [0.3, 0.4) is 0 Å². The molecule has 3 aliphatic carbocycles. The Morgan fingerprint density at radius 2 is 1.06 bits per heavy atom. The van der Waals surface area contributed by atoms with Crippen LogP contribution in [0.2, 0.25) is 0 Å².